The summed E-state index contributed by atoms with van der Waals surface area (Å²) in [6.07, 6.45) is 0. The number of halogens is 1. The first-order chi connectivity index (χ1) is 8.52. The zero-order chi connectivity index (χ0) is 13.3. The van der Waals surface area contributed by atoms with E-state index in [0.717, 1.165) is 34.5 Å². The van der Waals surface area contributed by atoms with Gasteiger partial charge in [-0.15, -0.1) is 0 Å². The van der Waals surface area contributed by atoms with E-state index in [1.807, 2.05) is 32.5 Å². The number of aryl methyl sites for hydroxylation is 2. The van der Waals surface area contributed by atoms with Crippen molar-refractivity contribution < 1.29 is 4.42 Å². The summed E-state index contributed by atoms with van der Waals surface area (Å²) in [5, 5.41) is 8.25. The molecule has 2 aromatic heterocycles. The van der Waals surface area contributed by atoms with E-state index in [0.29, 0.717) is 6.54 Å². The lowest BCUT2D eigenvalue weighted by Crippen LogP contribution is -2.05. The van der Waals surface area contributed by atoms with Crippen molar-refractivity contribution in [2.75, 3.05) is 7.05 Å². The molecule has 0 saturated heterocycles. The van der Waals surface area contributed by atoms with Crippen LogP contribution in [-0.4, -0.2) is 16.8 Å². The van der Waals surface area contributed by atoms with E-state index in [1.54, 1.807) is 0 Å². The van der Waals surface area contributed by atoms with Gasteiger partial charge >= 0.3 is 0 Å². The minimum Gasteiger partial charge on any atom is -0.464 e. The summed E-state index contributed by atoms with van der Waals surface area (Å²) < 4.78 is 7.61. The van der Waals surface area contributed by atoms with Gasteiger partial charge in [-0.1, -0.05) is 11.6 Å². The Labute approximate surface area is 112 Å². The van der Waals surface area contributed by atoms with Crippen molar-refractivity contribution in [2.24, 2.45) is 0 Å². The lowest BCUT2D eigenvalue weighted by atomic mass is 10.2. The average Bonchev–Trinajstić information content (AvgIpc) is 2.77. The lowest BCUT2D eigenvalue weighted by molar-refractivity contribution is 0.453. The normalized spacial score (nSPS) is 11.2. The van der Waals surface area contributed by atoms with Crippen LogP contribution < -0.4 is 5.32 Å². The van der Waals surface area contributed by atoms with Crippen LogP contribution >= 0.6 is 11.6 Å². The number of nitrogens with zero attached hydrogens (tertiary/aromatic N) is 2. The molecule has 5 heteroatoms. The molecule has 0 atom stereocenters. The van der Waals surface area contributed by atoms with Gasteiger partial charge < -0.3 is 9.73 Å². The van der Waals surface area contributed by atoms with Crippen LogP contribution in [0.25, 0.3) is 0 Å². The molecular formula is C13H18ClN3O. The van der Waals surface area contributed by atoms with Crippen molar-refractivity contribution in [1.82, 2.24) is 15.1 Å². The second kappa shape index (κ2) is 5.16. The summed E-state index contributed by atoms with van der Waals surface area (Å²) in [7, 11) is 1.92. The molecule has 0 spiro atoms. The fourth-order valence-electron chi connectivity index (χ4n) is 2.01. The highest BCUT2D eigenvalue weighted by Crippen LogP contribution is 2.21. The quantitative estimate of drug-likeness (QED) is 0.926. The number of rotatable bonds is 4. The Bertz CT molecular complexity index is 557. The predicted octanol–water partition coefficient (Wildman–Crippen LogP) is 2.82. The molecule has 0 bridgehead atoms. The van der Waals surface area contributed by atoms with E-state index in [-0.39, 0.29) is 0 Å². The Morgan fingerprint density at radius 3 is 2.67 bits per heavy atom. The highest BCUT2D eigenvalue weighted by molar-refractivity contribution is 6.31. The van der Waals surface area contributed by atoms with Crippen molar-refractivity contribution in [3.05, 3.63) is 39.6 Å². The Morgan fingerprint density at radius 1 is 1.39 bits per heavy atom. The molecule has 0 amide bonds. The molecule has 18 heavy (non-hydrogen) atoms. The van der Waals surface area contributed by atoms with Crippen LogP contribution in [0.2, 0.25) is 5.02 Å². The molecular weight excluding hydrogens is 250 g/mol. The lowest BCUT2D eigenvalue weighted by Gasteiger charge is -2.00. The zero-order valence-corrected chi connectivity index (χ0v) is 11.9. The Balaban J connectivity index is 2.23. The van der Waals surface area contributed by atoms with Gasteiger partial charge in [0, 0.05) is 12.1 Å². The van der Waals surface area contributed by atoms with Crippen LogP contribution in [0.1, 0.15) is 28.5 Å². The molecule has 98 valence electrons. The smallest absolute Gasteiger partial charge is 0.125 e. The van der Waals surface area contributed by atoms with Crippen LogP contribution in [0.15, 0.2) is 10.5 Å². The van der Waals surface area contributed by atoms with Crippen LogP contribution in [0, 0.1) is 20.8 Å². The summed E-state index contributed by atoms with van der Waals surface area (Å²) in [4.78, 5) is 0. The fraction of sp³-hybridized carbons (Fsp3) is 0.462. The summed E-state index contributed by atoms with van der Waals surface area (Å²) in [5.74, 6) is 1.85. The minimum atomic E-state index is 0.615. The average molecular weight is 268 g/mol. The van der Waals surface area contributed by atoms with Crippen LogP contribution in [0.5, 0.6) is 0 Å². The molecule has 0 unspecified atom stereocenters. The third-order valence-corrected chi connectivity index (χ3v) is 3.58. The zero-order valence-electron chi connectivity index (χ0n) is 11.2. The highest BCUT2D eigenvalue weighted by Gasteiger charge is 2.12. The van der Waals surface area contributed by atoms with Crippen molar-refractivity contribution in [1.29, 1.82) is 0 Å². The number of hydrogen-bond donors (Lipinski definition) is 1. The molecule has 2 aromatic rings. The molecule has 0 saturated carbocycles. The maximum absolute atomic E-state index is 6.13. The minimum absolute atomic E-state index is 0.615. The molecule has 0 aliphatic heterocycles. The fourth-order valence-corrected chi connectivity index (χ4v) is 2.14. The van der Waals surface area contributed by atoms with E-state index in [1.165, 1.54) is 5.56 Å². The second-order valence-corrected chi connectivity index (χ2v) is 4.84. The van der Waals surface area contributed by atoms with E-state index >= 15 is 0 Å². The molecule has 0 aliphatic rings. The SMILES string of the molecule is CNCc1cc(Cn2nc(C)c(Cl)c2C)oc1C. The van der Waals surface area contributed by atoms with Gasteiger partial charge in [0.15, 0.2) is 0 Å². The molecule has 2 heterocycles. The van der Waals surface area contributed by atoms with Gasteiger partial charge in [-0.25, -0.2) is 0 Å². The van der Waals surface area contributed by atoms with Crippen LogP contribution in [0.3, 0.4) is 0 Å². The molecule has 4 nitrogen and oxygen atoms in total. The van der Waals surface area contributed by atoms with Gasteiger partial charge in [0.2, 0.25) is 0 Å². The molecule has 0 fully saturated rings. The van der Waals surface area contributed by atoms with Crippen molar-refractivity contribution in [2.45, 2.75) is 33.9 Å². The van der Waals surface area contributed by atoms with Crippen molar-refractivity contribution in [3.63, 3.8) is 0 Å². The standard InChI is InChI=1S/C13H18ClN3O/c1-8-13(14)9(2)17(16-8)7-12-5-11(6-15-4)10(3)18-12/h5,15H,6-7H2,1-4H3. The summed E-state index contributed by atoms with van der Waals surface area (Å²) in [6.45, 7) is 7.28. The summed E-state index contributed by atoms with van der Waals surface area (Å²) in [5.41, 5.74) is 3.01. The van der Waals surface area contributed by atoms with E-state index in [9.17, 15) is 0 Å². The van der Waals surface area contributed by atoms with Gasteiger partial charge in [0.25, 0.3) is 0 Å². The number of aromatic nitrogens is 2. The highest BCUT2D eigenvalue weighted by atomic mass is 35.5. The van der Waals surface area contributed by atoms with Crippen LogP contribution in [-0.2, 0) is 13.1 Å². The number of nitrogens with one attached hydrogen (secondary N) is 1. The van der Waals surface area contributed by atoms with Gasteiger partial charge in [0.1, 0.15) is 11.5 Å². The third-order valence-electron chi connectivity index (χ3n) is 3.04. The Hall–Kier alpha value is -1.26. The maximum Gasteiger partial charge on any atom is 0.125 e. The second-order valence-electron chi connectivity index (χ2n) is 4.47. The monoisotopic (exact) mass is 267 g/mol. The van der Waals surface area contributed by atoms with E-state index < -0.39 is 0 Å². The summed E-state index contributed by atoms with van der Waals surface area (Å²) in [6, 6.07) is 2.07. The first kappa shape index (κ1) is 13.2. The predicted molar refractivity (Wildman–Crippen MR) is 72.0 cm³/mol. The summed E-state index contributed by atoms with van der Waals surface area (Å²) >= 11 is 6.13. The molecule has 0 aromatic carbocycles. The van der Waals surface area contributed by atoms with Crippen molar-refractivity contribution in [3.8, 4) is 0 Å². The Morgan fingerprint density at radius 2 is 2.11 bits per heavy atom. The molecule has 2 rings (SSSR count). The van der Waals surface area contributed by atoms with Crippen LogP contribution in [0.4, 0.5) is 0 Å². The molecule has 0 radical (unpaired) electrons. The largest absolute Gasteiger partial charge is 0.464 e. The molecule has 1 N–H and O–H groups in total. The number of furan rings is 1. The van der Waals surface area contributed by atoms with E-state index in [4.69, 9.17) is 16.0 Å². The number of hydrogen-bond acceptors (Lipinski definition) is 3. The molecule has 0 aliphatic carbocycles. The first-order valence-corrected chi connectivity index (χ1v) is 6.33. The Kier molecular flexibility index (Phi) is 3.78. The third kappa shape index (κ3) is 2.44. The first-order valence-electron chi connectivity index (χ1n) is 5.95. The van der Waals surface area contributed by atoms with Gasteiger partial charge in [0.05, 0.1) is 23.0 Å². The van der Waals surface area contributed by atoms with E-state index in [2.05, 4.69) is 16.5 Å². The van der Waals surface area contributed by atoms with Crippen molar-refractivity contribution >= 4 is 11.6 Å². The van der Waals surface area contributed by atoms with Gasteiger partial charge in [-0.2, -0.15) is 5.10 Å². The maximum atomic E-state index is 6.13. The topological polar surface area (TPSA) is 43.0 Å². The van der Waals surface area contributed by atoms with Gasteiger partial charge in [-0.3, -0.25) is 4.68 Å². The van der Waals surface area contributed by atoms with Gasteiger partial charge in [-0.05, 0) is 33.9 Å².